The Morgan fingerprint density at radius 2 is 1.49 bits per heavy atom. The smallest absolute Gasteiger partial charge is 0.382 e. The Balaban J connectivity index is 2.19. The fourth-order valence-corrected chi connectivity index (χ4v) is 3.77. The molecule has 0 aliphatic rings. The number of hydrogen-bond acceptors (Lipinski definition) is 3. The Bertz CT molecular complexity index is 1120. The Hall–Kier alpha value is -3.05. The normalized spacial score (nSPS) is 15.0. The number of alkyl halides is 6. The van der Waals surface area contributed by atoms with E-state index in [1.807, 2.05) is 0 Å². The number of nitrogens with one attached hydrogen (secondary N) is 1. The molecule has 1 aromatic heterocycles. The lowest BCUT2D eigenvalue weighted by molar-refractivity contribution is -0.201. The van der Waals surface area contributed by atoms with Gasteiger partial charge in [-0.05, 0) is 47.9 Å². The molecule has 3 aromatic rings. The second kappa shape index (κ2) is 10.3. The van der Waals surface area contributed by atoms with Crippen LogP contribution in [0.1, 0.15) is 22.4 Å². The van der Waals surface area contributed by atoms with Gasteiger partial charge in [-0.2, -0.15) is 26.3 Å². The predicted molar refractivity (Wildman–Crippen MR) is 111 cm³/mol. The zero-order valence-electron chi connectivity index (χ0n) is 18.0. The van der Waals surface area contributed by atoms with Crippen molar-refractivity contribution >= 4 is 0 Å². The van der Waals surface area contributed by atoms with Gasteiger partial charge in [-0.3, -0.25) is 4.98 Å². The first kappa shape index (κ1) is 26.6. The van der Waals surface area contributed by atoms with E-state index in [4.69, 9.17) is 0 Å². The maximum atomic E-state index is 14.4. The quantitative estimate of drug-likeness (QED) is 0.403. The van der Waals surface area contributed by atoms with Crippen molar-refractivity contribution in [1.29, 1.82) is 0 Å². The maximum absolute atomic E-state index is 14.4. The Labute approximate surface area is 195 Å². The molecule has 2 aromatic carbocycles. The molecule has 35 heavy (non-hydrogen) atoms. The van der Waals surface area contributed by atoms with E-state index in [0.29, 0.717) is 17.7 Å². The minimum Gasteiger partial charge on any atom is -0.382 e. The van der Waals surface area contributed by atoms with Crippen LogP contribution in [-0.2, 0) is 18.0 Å². The van der Waals surface area contributed by atoms with Crippen LogP contribution in [0.15, 0.2) is 66.9 Å². The largest absolute Gasteiger partial charge is 0.416 e. The molecule has 0 saturated carbocycles. The number of halogens is 8. The number of rotatable bonds is 8. The first-order valence-corrected chi connectivity index (χ1v) is 10.3. The first-order valence-electron chi connectivity index (χ1n) is 10.3. The van der Waals surface area contributed by atoms with Crippen LogP contribution in [0, 0.1) is 11.6 Å². The molecule has 0 spiro atoms. The summed E-state index contributed by atoms with van der Waals surface area (Å²) in [5.41, 5.74) is -2.66. The topological polar surface area (TPSA) is 45.1 Å². The molecule has 0 amide bonds. The summed E-state index contributed by atoms with van der Waals surface area (Å²) in [6.07, 6.45) is -11.9. The lowest BCUT2D eigenvalue weighted by Crippen LogP contribution is -2.46. The van der Waals surface area contributed by atoms with Crippen LogP contribution < -0.4 is 5.32 Å². The van der Waals surface area contributed by atoms with Gasteiger partial charge in [-0.15, -0.1) is 0 Å². The minimum absolute atomic E-state index is 0.00419. The van der Waals surface area contributed by atoms with Crippen molar-refractivity contribution in [2.24, 2.45) is 0 Å². The third kappa shape index (κ3) is 6.55. The Morgan fingerprint density at radius 1 is 0.829 bits per heavy atom. The molecule has 2 atom stereocenters. The van der Waals surface area contributed by atoms with Crippen LogP contribution in [0.4, 0.5) is 35.1 Å². The van der Waals surface area contributed by atoms with Crippen LogP contribution in [0.25, 0.3) is 0 Å². The molecule has 188 valence electrons. The molecule has 1 heterocycles. The van der Waals surface area contributed by atoms with Crippen LogP contribution >= 0.6 is 0 Å². The van der Waals surface area contributed by atoms with E-state index in [1.165, 1.54) is 6.07 Å². The molecule has 0 aliphatic carbocycles. The molecule has 0 aliphatic heterocycles. The van der Waals surface area contributed by atoms with Crippen molar-refractivity contribution in [1.82, 2.24) is 10.3 Å². The summed E-state index contributed by atoms with van der Waals surface area (Å²) in [7, 11) is 0. The van der Waals surface area contributed by atoms with E-state index in [2.05, 4.69) is 10.3 Å². The van der Waals surface area contributed by atoms with Gasteiger partial charge < -0.3 is 10.4 Å². The number of aliphatic hydroxyl groups is 1. The zero-order chi connectivity index (χ0) is 25.9. The fraction of sp³-hybridized carbons (Fsp3) is 0.292. The van der Waals surface area contributed by atoms with Gasteiger partial charge in [-0.25, -0.2) is 8.78 Å². The van der Waals surface area contributed by atoms with Gasteiger partial charge in [-0.1, -0.05) is 30.3 Å². The van der Waals surface area contributed by atoms with Crippen LogP contribution in [0.5, 0.6) is 0 Å². The van der Waals surface area contributed by atoms with E-state index in [1.54, 1.807) is 30.3 Å². The fourth-order valence-electron chi connectivity index (χ4n) is 3.77. The summed E-state index contributed by atoms with van der Waals surface area (Å²) in [6.45, 7) is -1.46. The summed E-state index contributed by atoms with van der Waals surface area (Å²) in [4.78, 5) is 3.99. The maximum Gasteiger partial charge on any atom is 0.416 e. The average molecular weight is 504 g/mol. The molecular weight excluding hydrogens is 484 g/mol. The highest BCUT2D eigenvalue weighted by atomic mass is 19.4. The SMILES string of the molecule is O[C@H](CNC[C@@](Cc1ccccc1)(c1cc(F)cc(C(F)(F)F)c1)c1ccc(F)cn1)C(F)(F)F. The van der Waals surface area contributed by atoms with Gasteiger partial charge >= 0.3 is 12.4 Å². The van der Waals surface area contributed by atoms with Crippen LogP contribution in [0.3, 0.4) is 0 Å². The molecule has 0 bridgehead atoms. The zero-order valence-corrected chi connectivity index (χ0v) is 18.0. The lowest BCUT2D eigenvalue weighted by Gasteiger charge is -2.35. The van der Waals surface area contributed by atoms with E-state index in [0.717, 1.165) is 18.3 Å². The third-order valence-corrected chi connectivity index (χ3v) is 5.49. The van der Waals surface area contributed by atoms with Crippen molar-refractivity contribution in [3.05, 3.63) is 101 Å². The van der Waals surface area contributed by atoms with Crippen molar-refractivity contribution in [3.63, 3.8) is 0 Å². The highest BCUT2D eigenvalue weighted by Gasteiger charge is 2.41. The van der Waals surface area contributed by atoms with Crippen molar-refractivity contribution < 1.29 is 40.2 Å². The molecule has 0 saturated heterocycles. The molecule has 11 heteroatoms. The Kier molecular flexibility index (Phi) is 7.80. The van der Waals surface area contributed by atoms with E-state index >= 15 is 0 Å². The summed E-state index contributed by atoms with van der Waals surface area (Å²) in [5.74, 6) is -1.97. The molecule has 2 N–H and O–H groups in total. The number of hydrogen-bond donors (Lipinski definition) is 2. The molecule has 0 fully saturated rings. The number of nitrogens with zero attached hydrogens (tertiary/aromatic N) is 1. The number of aliphatic hydroxyl groups excluding tert-OH is 1. The average Bonchev–Trinajstić information content (AvgIpc) is 2.78. The number of benzene rings is 2. The Morgan fingerprint density at radius 3 is 2.06 bits per heavy atom. The van der Waals surface area contributed by atoms with E-state index in [9.17, 15) is 40.2 Å². The molecule has 0 unspecified atom stereocenters. The van der Waals surface area contributed by atoms with E-state index < -0.39 is 54.2 Å². The van der Waals surface area contributed by atoms with Gasteiger partial charge in [0.05, 0.1) is 22.9 Å². The van der Waals surface area contributed by atoms with Gasteiger partial charge in [0.2, 0.25) is 0 Å². The minimum atomic E-state index is -4.94. The van der Waals surface area contributed by atoms with Crippen molar-refractivity contribution in [2.45, 2.75) is 30.3 Å². The van der Waals surface area contributed by atoms with Crippen molar-refractivity contribution in [3.8, 4) is 0 Å². The lowest BCUT2D eigenvalue weighted by atomic mass is 9.72. The molecule has 3 nitrogen and oxygen atoms in total. The number of aromatic nitrogens is 1. The molecule has 3 rings (SSSR count). The monoisotopic (exact) mass is 504 g/mol. The third-order valence-electron chi connectivity index (χ3n) is 5.49. The second-order valence-corrected chi connectivity index (χ2v) is 8.02. The van der Waals surface area contributed by atoms with Gasteiger partial charge in [0, 0.05) is 13.1 Å². The summed E-state index contributed by atoms with van der Waals surface area (Å²) < 4.78 is 107. The summed E-state index contributed by atoms with van der Waals surface area (Å²) in [6, 6.07) is 12.2. The van der Waals surface area contributed by atoms with Gasteiger partial charge in [0.1, 0.15) is 11.6 Å². The molecular formula is C24H20F8N2O. The summed E-state index contributed by atoms with van der Waals surface area (Å²) >= 11 is 0. The van der Waals surface area contributed by atoms with Gasteiger partial charge in [0.15, 0.2) is 6.10 Å². The van der Waals surface area contributed by atoms with E-state index in [-0.39, 0.29) is 17.7 Å². The summed E-state index contributed by atoms with van der Waals surface area (Å²) in [5, 5.41) is 11.8. The highest BCUT2D eigenvalue weighted by molar-refractivity contribution is 5.42. The van der Waals surface area contributed by atoms with Crippen molar-refractivity contribution in [2.75, 3.05) is 13.1 Å². The number of pyridine rings is 1. The second-order valence-electron chi connectivity index (χ2n) is 8.02. The highest BCUT2D eigenvalue weighted by Crippen LogP contribution is 2.39. The predicted octanol–water partition coefficient (Wildman–Crippen LogP) is 5.42. The first-order chi connectivity index (χ1) is 16.3. The van der Waals surface area contributed by atoms with Crippen LogP contribution in [0.2, 0.25) is 0 Å². The van der Waals surface area contributed by atoms with Gasteiger partial charge in [0.25, 0.3) is 0 Å². The molecule has 0 radical (unpaired) electrons. The van der Waals surface area contributed by atoms with Crippen LogP contribution in [-0.4, -0.2) is 35.5 Å². The standard InChI is InChI=1S/C24H20F8N2O/c25-18-6-7-20(34-12-18)22(11-15-4-2-1-3-5-15,14-33-13-21(35)24(30,31)32)16-8-17(23(27,28)29)10-19(26)9-16/h1-10,12,21,33,35H,11,13-14H2/t21-,22+/m1/s1.